The second-order valence-corrected chi connectivity index (χ2v) is 8.82. The third-order valence-electron chi connectivity index (χ3n) is 4.21. The highest BCUT2D eigenvalue weighted by Gasteiger charge is 2.34. The van der Waals surface area contributed by atoms with Crippen LogP contribution in [0.25, 0.3) is 6.08 Å². The van der Waals surface area contributed by atoms with E-state index in [-0.39, 0.29) is 6.61 Å². The van der Waals surface area contributed by atoms with Crippen molar-refractivity contribution in [1.29, 1.82) is 0 Å². The molecule has 1 aromatic rings. The van der Waals surface area contributed by atoms with Crippen LogP contribution >= 0.6 is 7.37 Å². The second-order valence-electron chi connectivity index (χ2n) is 5.71. The van der Waals surface area contributed by atoms with E-state index in [0.29, 0.717) is 24.4 Å². The first-order chi connectivity index (χ1) is 12.0. The lowest BCUT2D eigenvalue weighted by atomic mass is 9.99. The minimum absolute atomic E-state index is 0.257. The largest absolute Gasteiger partial charge is 0.449 e. The summed E-state index contributed by atoms with van der Waals surface area (Å²) in [6.07, 6.45) is 5.81. The summed E-state index contributed by atoms with van der Waals surface area (Å²) in [7, 11) is -2.80. The molecule has 0 saturated heterocycles. The van der Waals surface area contributed by atoms with E-state index in [4.69, 9.17) is 9.26 Å². The Morgan fingerprint density at radius 2 is 2.04 bits per heavy atom. The molecular weight excluding hydrogens is 337 g/mol. The highest BCUT2D eigenvalue weighted by Crippen LogP contribution is 2.49. The first-order valence-corrected chi connectivity index (χ1v) is 10.6. The number of hydrogen-bond acceptors (Lipinski definition) is 4. The van der Waals surface area contributed by atoms with Crippen LogP contribution in [0.1, 0.15) is 31.9 Å². The maximum absolute atomic E-state index is 12.8. The number of hydrogen-bond donors (Lipinski definition) is 0. The fourth-order valence-corrected chi connectivity index (χ4v) is 4.09. The molecule has 136 valence electrons. The molecule has 25 heavy (non-hydrogen) atoms. The summed E-state index contributed by atoms with van der Waals surface area (Å²) >= 11 is 0. The molecule has 0 aromatic heterocycles. The molecule has 1 aliphatic heterocycles. The van der Waals surface area contributed by atoms with E-state index in [1.165, 1.54) is 4.90 Å². The zero-order valence-corrected chi connectivity index (χ0v) is 16.0. The van der Waals surface area contributed by atoms with E-state index in [9.17, 15) is 9.36 Å². The molecule has 0 aliphatic carbocycles. The van der Waals surface area contributed by atoms with Crippen LogP contribution in [0.2, 0.25) is 0 Å². The zero-order valence-electron chi connectivity index (χ0n) is 15.1. The van der Waals surface area contributed by atoms with Gasteiger partial charge in [-0.3, -0.25) is 9.09 Å². The Hall–Kier alpha value is -1.84. The van der Waals surface area contributed by atoms with Gasteiger partial charge in [0.15, 0.2) is 6.23 Å². The van der Waals surface area contributed by atoms with Gasteiger partial charge < -0.3 is 4.74 Å². The molecule has 1 heterocycles. The quantitative estimate of drug-likeness (QED) is 0.502. The molecule has 2 rings (SSSR count). The van der Waals surface area contributed by atoms with E-state index < -0.39 is 19.7 Å². The number of benzene rings is 1. The molecule has 0 radical (unpaired) electrons. The van der Waals surface area contributed by atoms with Crippen molar-refractivity contribution in [2.24, 2.45) is 0 Å². The highest BCUT2D eigenvalue weighted by molar-refractivity contribution is 7.58. The summed E-state index contributed by atoms with van der Waals surface area (Å²) in [5.74, 6) is 0. The van der Waals surface area contributed by atoms with Crippen LogP contribution in [0.15, 0.2) is 36.9 Å². The molecular formula is C19H26NO4P. The number of anilines is 1. The zero-order chi connectivity index (χ0) is 18.4. The second kappa shape index (κ2) is 8.50. The fraction of sp³-hybridized carbons (Fsp3) is 0.421. The molecule has 0 bridgehead atoms. The van der Waals surface area contributed by atoms with E-state index in [1.54, 1.807) is 13.0 Å². The van der Waals surface area contributed by atoms with Crippen LogP contribution in [-0.2, 0) is 20.2 Å². The summed E-state index contributed by atoms with van der Waals surface area (Å²) in [4.78, 5) is 14.0. The van der Waals surface area contributed by atoms with Crippen molar-refractivity contribution in [3.63, 3.8) is 0 Å². The van der Waals surface area contributed by atoms with Crippen LogP contribution in [-0.4, -0.2) is 31.3 Å². The van der Waals surface area contributed by atoms with Gasteiger partial charge >= 0.3 is 6.09 Å². The number of amides is 1. The predicted octanol–water partition coefficient (Wildman–Crippen LogP) is 5.07. The monoisotopic (exact) mass is 363 g/mol. The van der Waals surface area contributed by atoms with Crippen molar-refractivity contribution < 1.29 is 18.6 Å². The average molecular weight is 363 g/mol. The van der Waals surface area contributed by atoms with Gasteiger partial charge in [-0.15, -0.1) is 6.58 Å². The SMILES string of the molecule is C=CCc1cccc2c1C=CC(OP(=O)(CC)CC)N2C(=O)OCC. The molecule has 5 nitrogen and oxygen atoms in total. The van der Waals surface area contributed by atoms with Crippen molar-refractivity contribution in [1.82, 2.24) is 0 Å². The van der Waals surface area contributed by atoms with Crippen molar-refractivity contribution in [3.05, 3.63) is 48.1 Å². The van der Waals surface area contributed by atoms with Crippen LogP contribution in [0.4, 0.5) is 10.5 Å². The van der Waals surface area contributed by atoms with Crippen LogP contribution in [0, 0.1) is 0 Å². The Bertz CT molecular complexity index is 705. The first-order valence-electron chi connectivity index (χ1n) is 8.63. The Balaban J connectivity index is 2.47. The maximum atomic E-state index is 12.8. The van der Waals surface area contributed by atoms with E-state index in [2.05, 4.69) is 6.58 Å². The molecule has 0 N–H and O–H groups in total. The van der Waals surface area contributed by atoms with Crippen molar-refractivity contribution in [2.45, 2.75) is 33.4 Å². The fourth-order valence-electron chi connectivity index (χ4n) is 2.78. The van der Waals surface area contributed by atoms with E-state index in [0.717, 1.165) is 11.1 Å². The molecule has 0 saturated carbocycles. The molecule has 0 spiro atoms. The van der Waals surface area contributed by atoms with Gasteiger partial charge in [-0.05, 0) is 31.1 Å². The molecule has 1 atom stereocenters. The lowest BCUT2D eigenvalue weighted by Crippen LogP contribution is -2.43. The molecule has 6 heteroatoms. The number of fused-ring (bicyclic) bond motifs is 1. The lowest BCUT2D eigenvalue weighted by molar-refractivity contribution is 0.144. The van der Waals surface area contributed by atoms with Crippen LogP contribution < -0.4 is 4.90 Å². The number of rotatable bonds is 7. The van der Waals surface area contributed by atoms with Gasteiger partial charge in [-0.25, -0.2) is 9.69 Å². The molecule has 0 fully saturated rings. The van der Waals surface area contributed by atoms with Gasteiger partial charge in [0.25, 0.3) is 0 Å². The topological polar surface area (TPSA) is 55.8 Å². The molecule has 1 unspecified atom stereocenters. The average Bonchev–Trinajstić information content (AvgIpc) is 2.62. The van der Waals surface area contributed by atoms with Gasteiger partial charge in [0.2, 0.25) is 7.37 Å². The Kier molecular flexibility index (Phi) is 6.63. The smallest absolute Gasteiger partial charge is 0.416 e. The third kappa shape index (κ3) is 4.23. The Morgan fingerprint density at radius 3 is 2.64 bits per heavy atom. The predicted molar refractivity (Wildman–Crippen MR) is 102 cm³/mol. The van der Waals surface area contributed by atoms with Crippen molar-refractivity contribution >= 4 is 25.2 Å². The summed E-state index contributed by atoms with van der Waals surface area (Å²) in [6, 6.07) is 5.74. The normalized spacial score (nSPS) is 16.4. The minimum Gasteiger partial charge on any atom is -0.449 e. The number of allylic oxidation sites excluding steroid dienone is 1. The summed E-state index contributed by atoms with van der Waals surface area (Å²) < 4.78 is 23.9. The van der Waals surface area contributed by atoms with Crippen LogP contribution in [0.5, 0.6) is 0 Å². The van der Waals surface area contributed by atoms with Crippen LogP contribution in [0.3, 0.4) is 0 Å². The van der Waals surface area contributed by atoms with Gasteiger partial charge in [0.1, 0.15) is 0 Å². The third-order valence-corrected chi connectivity index (χ3v) is 6.73. The summed E-state index contributed by atoms with van der Waals surface area (Å²) in [5, 5.41) is 0. The van der Waals surface area contributed by atoms with E-state index >= 15 is 0 Å². The van der Waals surface area contributed by atoms with Crippen molar-refractivity contribution in [3.8, 4) is 0 Å². The lowest BCUT2D eigenvalue weighted by Gasteiger charge is -2.35. The van der Waals surface area contributed by atoms with Crippen molar-refractivity contribution in [2.75, 3.05) is 23.8 Å². The maximum Gasteiger partial charge on any atom is 0.416 e. The Morgan fingerprint density at radius 1 is 1.32 bits per heavy atom. The standard InChI is InChI=1S/C19H26NO4P/c1-5-10-15-11-9-12-17-16(15)13-14-18(20(17)19(21)23-6-2)24-25(22,7-3)8-4/h5,9,11-14,18H,1,6-8,10H2,2-4H3. The molecule has 1 aliphatic rings. The molecule has 1 aromatic carbocycles. The van der Waals surface area contributed by atoms with Gasteiger partial charge in [0.05, 0.1) is 12.3 Å². The van der Waals surface area contributed by atoms with E-state index in [1.807, 2.05) is 44.2 Å². The van der Waals surface area contributed by atoms with Gasteiger partial charge in [-0.2, -0.15) is 0 Å². The van der Waals surface area contributed by atoms with Gasteiger partial charge in [0, 0.05) is 17.9 Å². The molecule has 1 amide bonds. The van der Waals surface area contributed by atoms with Gasteiger partial charge in [-0.1, -0.05) is 38.1 Å². The number of ether oxygens (including phenoxy) is 1. The number of carbonyl (C=O) groups excluding carboxylic acids is 1. The number of carbonyl (C=O) groups is 1. The Labute approximate surface area is 149 Å². The number of nitrogens with zero attached hydrogens (tertiary/aromatic N) is 1. The first kappa shape index (κ1) is 19.5. The summed E-state index contributed by atoms with van der Waals surface area (Å²) in [6.45, 7) is 9.47. The summed E-state index contributed by atoms with van der Waals surface area (Å²) in [5.41, 5.74) is 2.69. The highest BCUT2D eigenvalue weighted by atomic mass is 31.2. The minimum atomic E-state index is -2.80.